The van der Waals surface area contributed by atoms with Gasteiger partial charge in [-0.2, -0.15) is 0 Å². The van der Waals surface area contributed by atoms with Gasteiger partial charge < -0.3 is 14.7 Å². The zero-order valence-electron chi connectivity index (χ0n) is 23.6. The van der Waals surface area contributed by atoms with Gasteiger partial charge in [0.1, 0.15) is 5.66 Å². The molecule has 1 aliphatic heterocycles. The number of imide groups is 1. The highest BCUT2D eigenvalue weighted by Gasteiger charge is 2.56. The molecule has 0 bridgehead atoms. The molecule has 8 heteroatoms. The minimum atomic E-state index is -5.05. The summed E-state index contributed by atoms with van der Waals surface area (Å²) in [5, 5.41) is 3.84. The van der Waals surface area contributed by atoms with E-state index in [1.807, 2.05) is 97.1 Å². The van der Waals surface area contributed by atoms with E-state index in [1.165, 1.54) is 0 Å². The zero-order valence-corrected chi connectivity index (χ0v) is 24.5. The van der Waals surface area contributed by atoms with Crippen molar-refractivity contribution < 1.29 is 23.9 Å². The Morgan fingerprint density at radius 2 is 1.53 bits per heavy atom. The van der Waals surface area contributed by atoms with Crippen molar-refractivity contribution in [3.8, 4) is 0 Å². The number of hydrogen-bond acceptors (Lipinski definition) is 4. The molecule has 2 N–H and O–H groups in total. The fourth-order valence-corrected chi connectivity index (χ4v) is 8.11. The van der Waals surface area contributed by atoms with Gasteiger partial charge in [-0.3, -0.25) is 19.1 Å². The Kier molecular flexibility index (Phi) is 7.89. The number of nitrogens with zero attached hydrogens (tertiary/aromatic N) is 2. The highest BCUT2D eigenvalue weighted by molar-refractivity contribution is 7.53. The molecule has 218 valence electrons. The summed E-state index contributed by atoms with van der Waals surface area (Å²) in [4.78, 5) is 51.6. The second kappa shape index (κ2) is 11.8. The number of anilines is 2. The highest BCUT2D eigenvalue weighted by Crippen LogP contribution is 2.56. The second-order valence-corrected chi connectivity index (χ2v) is 13.0. The van der Waals surface area contributed by atoms with Crippen molar-refractivity contribution in [2.45, 2.75) is 24.9 Å². The van der Waals surface area contributed by atoms with E-state index in [0.29, 0.717) is 32.2 Å². The lowest BCUT2D eigenvalue weighted by Gasteiger charge is -2.38. The summed E-state index contributed by atoms with van der Waals surface area (Å²) in [6.07, 6.45) is 1.65. The lowest BCUT2D eigenvalue weighted by molar-refractivity contribution is -0.123. The van der Waals surface area contributed by atoms with E-state index in [0.717, 1.165) is 37.7 Å². The van der Waals surface area contributed by atoms with Gasteiger partial charge in [0.2, 0.25) is 12.3 Å². The minimum absolute atomic E-state index is 0.264. The van der Waals surface area contributed by atoms with Crippen LogP contribution in [0.1, 0.15) is 18.4 Å². The molecule has 0 aromatic heterocycles. The van der Waals surface area contributed by atoms with Crippen LogP contribution < -0.4 is 9.80 Å². The maximum Gasteiger partial charge on any atom is 0.338 e. The first kappa shape index (κ1) is 28.8. The minimum Gasteiger partial charge on any atom is -0.370 e. The molecule has 2 amide bonds. The van der Waals surface area contributed by atoms with Gasteiger partial charge in [0.15, 0.2) is 0 Å². The van der Waals surface area contributed by atoms with E-state index in [1.54, 1.807) is 18.2 Å². The van der Waals surface area contributed by atoms with Gasteiger partial charge in [0.25, 0.3) is 0 Å². The van der Waals surface area contributed by atoms with Gasteiger partial charge in [-0.15, -0.1) is 0 Å². The van der Waals surface area contributed by atoms with Crippen LogP contribution in [0.5, 0.6) is 0 Å². The van der Waals surface area contributed by atoms with Crippen LogP contribution >= 0.6 is 7.60 Å². The zero-order chi connectivity index (χ0) is 30.0. The summed E-state index contributed by atoms with van der Waals surface area (Å²) < 4.78 is 13.4. The number of carbonyl (C=O) groups is 2. The van der Waals surface area contributed by atoms with Crippen LogP contribution in [0.2, 0.25) is 0 Å². The van der Waals surface area contributed by atoms with E-state index >= 15 is 0 Å². The SMILES string of the molecule is O=CN(C(=O)C(C1(CCc2ccccc2)CCN(c2cccc3ccccc23)C1)P(=O)(O)O)c1ccc2ccccc2c1. The monoisotopic (exact) mass is 592 g/mol. The van der Waals surface area contributed by atoms with Crippen molar-refractivity contribution in [3.63, 3.8) is 0 Å². The summed E-state index contributed by atoms with van der Waals surface area (Å²) in [5.41, 5.74) is -0.553. The molecule has 2 unspecified atom stereocenters. The third-order valence-electron chi connectivity index (χ3n) is 8.75. The van der Waals surface area contributed by atoms with Crippen molar-refractivity contribution >= 4 is 52.8 Å². The number of hydrogen-bond donors (Lipinski definition) is 2. The molecule has 43 heavy (non-hydrogen) atoms. The molecule has 6 rings (SSSR count). The number of aryl methyl sites for hydroxylation is 1. The first-order valence-corrected chi connectivity index (χ1v) is 16.1. The number of amides is 2. The molecule has 0 saturated carbocycles. The molecule has 7 nitrogen and oxygen atoms in total. The maximum atomic E-state index is 14.3. The molecule has 1 heterocycles. The summed E-state index contributed by atoms with van der Waals surface area (Å²) in [7, 11) is -5.05. The molecular formula is C35H33N2O5P. The van der Waals surface area contributed by atoms with Gasteiger partial charge in [-0.1, -0.05) is 97.1 Å². The van der Waals surface area contributed by atoms with Crippen LogP contribution in [0.15, 0.2) is 115 Å². The molecule has 0 aliphatic carbocycles. The summed E-state index contributed by atoms with van der Waals surface area (Å²) in [6, 6.07) is 36.4. The molecule has 0 spiro atoms. The molecule has 1 saturated heterocycles. The topological polar surface area (TPSA) is 98.2 Å². The Balaban J connectivity index is 1.42. The van der Waals surface area contributed by atoms with Crippen LogP contribution in [-0.4, -0.2) is 40.9 Å². The average molecular weight is 593 g/mol. The Morgan fingerprint density at radius 1 is 0.860 bits per heavy atom. The van der Waals surface area contributed by atoms with E-state index in [9.17, 15) is 23.9 Å². The van der Waals surface area contributed by atoms with Gasteiger partial charge in [-0.05, 0) is 59.2 Å². The molecule has 5 aromatic carbocycles. The van der Waals surface area contributed by atoms with Gasteiger partial charge in [0, 0.05) is 29.6 Å². The first-order valence-electron chi connectivity index (χ1n) is 14.4. The van der Waals surface area contributed by atoms with E-state index in [2.05, 4.69) is 4.90 Å². The lowest BCUT2D eigenvalue weighted by Crippen LogP contribution is -2.49. The fourth-order valence-electron chi connectivity index (χ4n) is 6.65. The Bertz CT molecular complexity index is 1830. The Hall–Kier alpha value is -4.29. The van der Waals surface area contributed by atoms with Crippen LogP contribution in [0.4, 0.5) is 11.4 Å². The Labute approximate surface area is 250 Å². The highest BCUT2D eigenvalue weighted by atomic mass is 31.2. The number of rotatable bonds is 9. The summed E-state index contributed by atoms with van der Waals surface area (Å²) >= 11 is 0. The van der Waals surface area contributed by atoms with Crippen LogP contribution in [-0.2, 0) is 20.6 Å². The maximum absolute atomic E-state index is 14.3. The summed E-state index contributed by atoms with van der Waals surface area (Å²) in [6.45, 7) is 0.781. The molecular weight excluding hydrogens is 559 g/mol. The average Bonchev–Trinajstić information content (AvgIpc) is 3.44. The summed E-state index contributed by atoms with van der Waals surface area (Å²) in [5.74, 6) is -0.883. The van der Waals surface area contributed by atoms with Crippen molar-refractivity contribution in [2.75, 3.05) is 22.9 Å². The second-order valence-electron chi connectivity index (χ2n) is 11.4. The third kappa shape index (κ3) is 5.72. The number of benzene rings is 5. The van der Waals surface area contributed by atoms with Crippen molar-refractivity contribution in [3.05, 3.63) is 121 Å². The number of fused-ring (bicyclic) bond motifs is 2. The predicted molar refractivity (Wildman–Crippen MR) is 171 cm³/mol. The van der Waals surface area contributed by atoms with Gasteiger partial charge >= 0.3 is 7.60 Å². The lowest BCUT2D eigenvalue weighted by atomic mass is 9.77. The van der Waals surface area contributed by atoms with Crippen LogP contribution in [0.25, 0.3) is 21.5 Å². The molecule has 1 aliphatic rings. The van der Waals surface area contributed by atoms with E-state index < -0.39 is 24.6 Å². The van der Waals surface area contributed by atoms with Crippen molar-refractivity contribution in [2.24, 2.45) is 5.41 Å². The normalized spacial score (nSPS) is 17.7. The van der Waals surface area contributed by atoms with Crippen LogP contribution in [0, 0.1) is 5.41 Å². The standard InChI is InChI=1S/C35H33N2O5P/c38-25-37(30-18-17-27-11-4-5-13-29(27)23-30)34(39)33(43(40,41)42)35(20-19-26-9-2-1-3-10-26)21-22-36(24-35)32-16-8-14-28-12-6-7-15-31(28)32/h1-18,23,25,33H,19-22,24H2,(H2,40,41,42). The Morgan fingerprint density at radius 3 is 2.28 bits per heavy atom. The predicted octanol–water partition coefficient (Wildman–Crippen LogP) is 6.56. The molecule has 0 radical (unpaired) electrons. The van der Waals surface area contributed by atoms with E-state index in [4.69, 9.17) is 0 Å². The van der Waals surface area contributed by atoms with Crippen molar-refractivity contribution in [1.29, 1.82) is 0 Å². The first-order chi connectivity index (χ1) is 20.8. The van der Waals surface area contributed by atoms with Gasteiger partial charge in [-0.25, -0.2) is 0 Å². The molecule has 2 atom stereocenters. The molecule has 1 fully saturated rings. The smallest absolute Gasteiger partial charge is 0.338 e. The van der Waals surface area contributed by atoms with Gasteiger partial charge in [0.05, 0.1) is 5.69 Å². The quantitative estimate of drug-likeness (QED) is 0.149. The largest absolute Gasteiger partial charge is 0.370 e. The molecule has 5 aromatic rings. The van der Waals surface area contributed by atoms with Crippen LogP contribution in [0.3, 0.4) is 0 Å². The van der Waals surface area contributed by atoms with Crippen molar-refractivity contribution in [1.82, 2.24) is 0 Å². The fraction of sp³-hybridized carbons (Fsp3) is 0.200. The number of carbonyl (C=O) groups excluding carboxylic acids is 2. The van der Waals surface area contributed by atoms with E-state index in [-0.39, 0.29) is 12.2 Å². The third-order valence-corrected chi connectivity index (χ3v) is 10.2.